The monoisotopic (exact) mass is 246 g/mol. The van der Waals surface area contributed by atoms with Crippen LogP contribution in [0.15, 0.2) is 0 Å². The van der Waals surface area contributed by atoms with Gasteiger partial charge in [0.15, 0.2) is 0 Å². The van der Waals surface area contributed by atoms with Crippen molar-refractivity contribution >= 4 is 0 Å². The van der Waals surface area contributed by atoms with Crippen molar-refractivity contribution in [3.8, 4) is 0 Å². The van der Waals surface area contributed by atoms with E-state index in [-0.39, 0.29) is 39.9 Å². The van der Waals surface area contributed by atoms with E-state index in [1.807, 2.05) is 7.05 Å². The third-order valence-corrected chi connectivity index (χ3v) is 0.631. The first-order valence-corrected chi connectivity index (χ1v) is 2.26. The number of rotatable bonds is 3. The molecular formula is C4H12GdN2+3. The molecule has 0 saturated heterocycles. The molecule has 0 aliphatic heterocycles. The summed E-state index contributed by atoms with van der Waals surface area (Å²) >= 11 is 0. The van der Waals surface area contributed by atoms with Crippen LogP contribution in [0.3, 0.4) is 0 Å². The van der Waals surface area contributed by atoms with Crippen LogP contribution in [-0.4, -0.2) is 20.1 Å². The molecule has 7 heavy (non-hydrogen) atoms. The van der Waals surface area contributed by atoms with E-state index in [4.69, 9.17) is 5.73 Å². The quantitative estimate of drug-likeness (QED) is 0.661. The Morgan fingerprint density at radius 2 is 2.14 bits per heavy atom. The summed E-state index contributed by atoms with van der Waals surface area (Å²) in [5, 5.41) is 2.99. The molecule has 1 radical (unpaired) electrons. The van der Waals surface area contributed by atoms with Crippen molar-refractivity contribution in [2.45, 2.75) is 6.42 Å². The maximum absolute atomic E-state index is 5.17. The van der Waals surface area contributed by atoms with Gasteiger partial charge < -0.3 is 11.1 Å². The molecule has 0 aromatic rings. The van der Waals surface area contributed by atoms with Crippen LogP contribution in [-0.2, 0) is 0 Å². The average Bonchev–Trinajstić information content (AvgIpc) is 1.61. The van der Waals surface area contributed by atoms with Crippen LogP contribution in [0.1, 0.15) is 6.42 Å². The Morgan fingerprint density at radius 1 is 1.57 bits per heavy atom. The van der Waals surface area contributed by atoms with Crippen LogP contribution in [0.2, 0.25) is 0 Å². The average molecular weight is 245 g/mol. The molecule has 0 aliphatic rings. The maximum Gasteiger partial charge on any atom is 3.00 e. The van der Waals surface area contributed by atoms with Crippen molar-refractivity contribution in [1.82, 2.24) is 5.32 Å². The van der Waals surface area contributed by atoms with Crippen molar-refractivity contribution < 1.29 is 39.9 Å². The van der Waals surface area contributed by atoms with E-state index in [1.165, 1.54) is 0 Å². The van der Waals surface area contributed by atoms with Crippen LogP contribution >= 0.6 is 0 Å². The standard InChI is InChI=1S/C4H12N2.Gd/c1-6-4-2-3-5;/h6H,2-5H2,1H3;/q;+3. The SMILES string of the molecule is CNCCCN.[Gd+3]. The van der Waals surface area contributed by atoms with Gasteiger partial charge in [-0.05, 0) is 26.6 Å². The van der Waals surface area contributed by atoms with Gasteiger partial charge in [0.2, 0.25) is 0 Å². The van der Waals surface area contributed by atoms with E-state index in [1.54, 1.807) is 0 Å². The normalized spacial score (nSPS) is 7.71. The molecule has 0 spiro atoms. The van der Waals surface area contributed by atoms with Gasteiger partial charge in [0.1, 0.15) is 0 Å². The molecule has 2 nitrogen and oxygen atoms in total. The maximum atomic E-state index is 5.17. The van der Waals surface area contributed by atoms with Crippen molar-refractivity contribution in [2.24, 2.45) is 5.73 Å². The van der Waals surface area contributed by atoms with Crippen LogP contribution in [0.4, 0.5) is 0 Å². The Bertz CT molecular complexity index is 21.7. The largest absolute Gasteiger partial charge is 3.00 e. The molecule has 0 atom stereocenters. The summed E-state index contributed by atoms with van der Waals surface area (Å²) in [5.41, 5.74) is 5.17. The fraction of sp³-hybridized carbons (Fsp3) is 1.00. The van der Waals surface area contributed by atoms with Crippen LogP contribution in [0.25, 0.3) is 0 Å². The third-order valence-electron chi connectivity index (χ3n) is 0.631. The van der Waals surface area contributed by atoms with Gasteiger partial charge >= 0.3 is 39.9 Å². The Morgan fingerprint density at radius 3 is 2.29 bits per heavy atom. The fourth-order valence-electron chi connectivity index (χ4n) is 0.279. The molecule has 0 aliphatic carbocycles. The van der Waals surface area contributed by atoms with Gasteiger partial charge in [0.25, 0.3) is 0 Å². The molecule has 0 unspecified atom stereocenters. The van der Waals surface area contributed by atoms with Gasteiger partial charge in [0, 0.05) is 0 Å². The zero-order valence-electron chi connectivity index (χ0n) is 4.55. The summed E-state index contributed by atoms with van der Waals surface area (Å²) < 4.78 is 0. The van der Waals surface area contributed by atoms with E-state index in [9.17, 15) is 0 Å². The Labute approximate surface area is 76.9 Å². The van der Waals surface area contributed by atoms with Gasteiger partial charge in [-0.3, -0.25) is 0 Å². The van der Waals surface area contributed by atoms with Gasteiger partial charge in [0.05, 0.1) is 0 Å². The first-order chi connectivity index (χ1) is 2.91. The Kier molecular flexibility index (Phi) is 16.3. The number of hydrogen-bond donors (Lipinski definition) is 2. The predicted molar refractivity (Wildman–Crippen MR) is 27.6 cm³/mol. The van der Waals surface area contributed by atoms with Gasteiger partial charge in [-0.15, -0.1) is 0 Å². The molecule has 0 amide bonds. The predicted octanol–water partition coefficient (Wildman–Crippen LogP) is -0.445. The molecule has 0 heterocycles. The zero-order chi connectivity index (χ0) is 4.83. The number of nitrogens with two attached hydrogens (primary N) is 1. The molecular weight excluding hydrogens is 233 g/mol. The smallest absolute Gasteiger partial charge is 0.330 e. The minimum Gasteiger partial charge on any atom is -0.330 e. The molecule has 0 aromatic heterocycles. The molecule has 43 valence electrons. The fourth-order valence-corrected chi connectivity index (χ4v) is 0.279. The minimum atomic E-state index is 0. The van der Waals surface area contributed by atoms with Crippen molar-refractivity contribution in [3.63, 3.8) is 0 Å². The zero-order valence-corrected chi connectivity index (χ0v) is 6.82. The molecule has 0 fully saturated rings. The summed E-state index contributed by atoms with van der Waals surface area (Å²) in [5.74, 6) is 0. The third kappa shape index (κ3) is 11.1. The number of nitrogens with one attached hydrogen (secondary N) is 1. The summed E-state index contributed by atoms with van der Waals surface area (Å²) in [4.78, 5) is 0. The Balaban J connectivity index is 0. The van der Waals surface area contributed by atoms with Gasteiger partial charge in [-0.25, -0.2) is 0 Å². The van der Waals surface area contributed by atoms with Crippen LogP contribution in [0.5, 0.6) is 0 Å². The van der Waals surface area contributed by atoms with Crippen LogP contribution < -0.4 is 11.1 Å². The second kappa shape index (κ2) is 10.3. The molecule has 3 N–H and O–H groups in total. The van der Waals surface area contributed by atoms with E-state index < -0.39 is 0 Å². The molecule has 0 saturated carbocycles. The molecule has 0 bridgehead atoms. The van der Waals surface area contributed by atoms with Crippen molar-refractivity contribution in [3.05, 3.63) is 0 Å². The first-order valence-electron chi connectivity index (χ1n) is 2.26. The summed E-state index contributed by atoms with van der Waals surface area (Å²) in [7, 11) is 1.93. The van der Waals surface area contributed by atoms with E-state index in [0.29, 0.717) is 0 Å². The second-order valence-electron chi connectivity index (χ2n) is 1.25. The topological polar surface area (TPSA) is 38.0 Å². The van der Waals surface area contributed by atoms with E-state index in [0.717, 1.165) is 19.5 Å². The summed E-state index contributed by atoms with van der Waals surface area (Å²) in [6.45, 7) is 1.83. The first kappa shape index (κ1) is 11.1. The van der Waals surface area contributed by atoms with Gasteiger partial charge in [-0.1, -0.05) is 0 Å². The minimum absolute atomic E-state index is 0. The number of hydrogen-bond acceptors (Lipinski definition) is 2. The molecule has 0 rings (SSSR count). The molecule has 3 heteroatoms. The van der Waals surface area contributed by atoms with E-state index >= 15 is 0 Å². The van der Waals surface area contributed by atoms with Crippen LogP contribution in [0, 0.1) is 39.9 Å². The summed E-state index contributed by atoms with van der Waals surface area (Å²) in [6, 6.07) is 0. The van der Waals surface area contributed by atoms with Gasteiger partial charge in [-0.2, -0.15) is 0 Å². The summed E-state index contributed by atoms with van der Waals surface area (Å²) in [6.07, 6.45) is 1.08. The van der Waals surface area contributed by atoms with Crippen molar-refractivity contribution in [2.75, 3.05) is 20.1 Å². The van der Waals surface area contributed by atoms with E-state index in [2.05, 4.69) is 5.32 Å². The Hall–Kier alpha value is 1.24. The second-order valence-corrected chi connectivity index (χ2v) is 1.25. The molecule has 0 aromatic carbocycles. The van der Waals surface area contributed by atoms with Crippen molar-refractivity contribution in [1.29, 1.82) is 0 Å².